The summed E-state index contributed by atoms with van der Waals surface area (Å²) >= 11 is 1.63. The highest BCUT2D eigenvalue weighted by Gasteiger charge is 2.28. The molecule has 0 spiro atoms. The summed E-state index contributed by atoms with van der Waals surface area (Å²) in [4.78, 5) is 13.3. The fourth-order valence-electron chi connectivity index (χ4n) is 2.10. The second-order valence-corrected chi connectivity index (χ2v) is 5.46. The molecule has 1 N–H and O–H groups in total. The number of hydrogen-bond acceptors (Lipinski definition) is 3. The zero-order valence-electron chi connectivity index (χ0n) is 9.22. The summed E-state index contributed by atoms with van der Waals surface area (Å²) in [7, 11) is 0. The van der Waals surface area contributed by atoms with Gasteiger partial charge in [0.15, 0.2) is 5.78 Å². The van der Waals surface area contributed by atoms with Crippen LogP contribution in [0.25, 0.3) is 6.08 Å². The molecular formula is C14H12O2S. The fourth-order valence-corrected chi connectivity index (χ4v) is 3.31. The van der Waals surface area contributed by atoms with Crippen LogP contribution >= 0.6 is 11.3 Å². The Labute approximate surface area is 104 Å². The number of carbonyl (C=O) groups is 1. The van der Waals surface area contributed by atoms with Gasteiger partial charge in [0.25, 0.3) is 0 Å². The Hall–Kier alpha value is -1.45. The van der Waals surface area contributed by atoms with E-state index in [-0.39, 0.29) is 5.78 Å². The minimum absolute atomic E-state index is 0.0732. The second kappa shape index (κ2) is 3.79. The van der Waals surface area contributed by atoms with Gasteiger partial charge in [-0.3, -0.25) is 4.79 Å². The number of rotatable bonds is 1. The first-order valence-corrected chi connectivity index (χ1v) is 6.44. The van der Waals surface area contributed by atoms with Gasteiger partial charge in [-0.2, -0.15) is 0 Å². The van der Waals surface area contributed by atoms with Gasteiger partial charge in [0.2, 0.25) is 0 Å². The molecule has 1 heterocycles. The summed E-state index contributed by atoms with van der Waals surface area (Å²) in [5.41, 5.74) is 0.0902. The molecule has 17 heavy (non-hydrogen) atoms. The van der Waals surface area contributed by atoms with Crippen LogP contribution in [0.15, 0.2) is 36.4 Å². The average Bonchev–Trinajstić information content (AvgIpc) is 2.77. The summed E-state index contributed by atoms with van der Waals surface area (Å²) in [5, 5.41) is 10.5. The lowest BCUT2D eigenvalue weighted by Crippen LogP contribution is -2.21. The largest absolute Gasteiger partial charge is 0.376 e. The number of aliphatic hydroxyl groups is 1. The van der Waals surface area contributed by atoms with Gasteiger partial charge in [-0.1, -0.05) is 12.2 Å². The quantitative estimate of drug-likeness (QED) is 0.824. The van der Waals surface area contributed by atoms with Crippen LogP contribution in [0.2, 0.25) is 0 Å². The molecule has 0 amide bonds. The predicted molar refractivity (Wildman–Crippen MR) is 68.9 cm³/mol. The van der Waals surface area contributed by atoms with Gasteiger partial charge >= 0.3 is 0 Å². The SMILES string of the molecule is O=C1C=CC(O)(c2cc3c(s2)CCC=C3)C=C1. The molecule has 2 aliphatic carbocycles. The molecule has 0 atom stereocenters. The molecule has 0 saturated carbocycles. The third kappa shape index (κ3) is 1.81. The first-order chi connectivity index (χ1) is 8.17. The maximum Gasteiger partial charge on any atom is 0.178 e. The summed E-state index contributed by atoms with van der Waals surface area (Å²) in [5.74, 6) is -0.0732. The van der Waals surface area contributed by atoms with Crippen molar-refractivity contribution < 1.29 is 9.90 Å². The van der Waals surface area contributed by atoms with Crippen LogP contribution in [0.5, 0.6) is 0 Å². The van der Waals surface area contributed by atoms with Crippen LogP contribution in [-0.4, -0.2) is 10.9 Å². The average molecular weight is 244 g/mol. The molecule has 0 aliphatic heterocycles. The first-order valence-electron chi connectivity index (χ1n) is 5.62. The van der Waals surface area contributed by atoms with Crippen LogP contribution in [0, 0.1) is 0 Å². The van der Waals surface area contributed by atoms with Crippen molar-refractivity contribution in [2.75, 3.05) is 0 Å². The van der Waals surface area contributed by atoms with E-state index in [9.17, 15) is 9.90 Å². The third-order valence-corrected chi connectivity index (χ3v) is 4.43. The van der Waals surface area contributed by atoms with E-state index in [1.54, 1.807) is 23.5 Å². The van der Waals surface area contributed by atoms with Gasteiger partial charge in [-0.25, -0.2) is 0 Å². The number of ketones is 1. The van der Waals surface area contributed by atoms with Gasteiger partial charge in [0, 0.05) is 9.75 Å². The Bertz CT molecular complexity index is 545. The molecule has 2 aliphatic rings. The number of hydrogen-bond donors (Lipinski definition) is 1. The molecule has 86 valence electrons. The molecule has 0 fully saturated rings. The topological polar surface area (TPSA) is 37.3 Å². The Kier molecular flexibility index (Phi) is 2.38. The highest BCUT2D eigenvalue weighted by molar-refractivity contribution is 7.12. The van der Waals surface area contributed by atoms with E-state index in [2.05, 4.69) is 12.2 Å². The van der Waals surface area contributed by atoms with Crippen molar-refractivity contribution in [1.82, 2.24) is 0 Å². The van der Waals surface area contributed by atoms with Gasteiger partial charge in [0.1, 0.15) is 5.60 Å². The molecule has 1 aromatic rings. The lowest BCUT2D eigenvalue weighted by Gasteiger charge is -2.20. The van der Waals surface area contributed by atoms with Crippen molar-refractivity contribution in [3.63, 3.8) is 0 Å². The second-order valence-electron chi connectivity index (χ2n) is 4.32. The van der Waals surface area contributed by atoms with Crippen LogP contribution < -0.4 is 0 Å². The van der Waals surface area contributed by atoms with Gasteiger partial charge in [-0.05, 0) is 48.8 Å². The predicted octanol–water partition coefficient (Wildman–Crippen LogP) is 2.59. The van der Waals surface area contributed by atoms with Crippen LogP contribution in [0.3, 0.4) is 0 Å². The first kappa shape index (κ1) is 10.7. The van der Waals surface area contributed by atoms with E-state index >= 15 is 0 Å². The Balaban J connectivity index is 2.02. The van der Waals surface area contributed by atoms with Crippen LogP contribution in [-0.2, 0) is 16.8 Å². The minimum atomic E-state index is -1.11. The minimum Gasteiger partial charge on any atom is -0.376 e. The number of aryl methyl sites for hydroxylation is 1. The van der Waals surface area contributed by atoms with E-state index in [0.29, 0.717) is 0 Å². The van der Waals surface area contributed by atoms with Crippen LogP contribution in [0.4, 0.5) is 0 Å². The maximum absolute atomic E-state index is 11.1. The molecule has 1 aromatic heterocycles. The molecule has 3 rings (SSSR count). The molecule has 0 saturated heterocycles. The van der Waals surface area contributed by atoms with Gasteiger partial charge in [-0.15, -0.1) is 11.3 Å². The molecular weight excluding hydrogens is 232 g/mol. The molecule has 0 radical (unpaired) electrons. The van der Waals surface area contributed by atoms with E-state index in [1.807, 2.05) is 6.07 Å². The summed E-state index contributed by atoms with van der Waals surface area (Å²) in [6.45, 7) is 0. The summed E-state index contributed by atoms with van der Waals surface area (Å²) in [6.07, 6.45) is 12.3. The van der Waals surface area contributed by atoms with E-state index < -0.39 is 5.60 Å². The lowest BCUT2D eigenvalue weighted by molar-refractivity contribution is -0.110. The Morgan fingerprint density at radius 2 is 2.00 bits per heavy atom. The number of fused-ring (bicyclic) bond motifs is 1. The molecule has 3 heteroatoms. The maximum atomic E-state index is 11.1. The Morgan fingerprint density at radius 1 is 1.24 bits per heavy atom. The number of carbonyl (C=O) groups excluding carboxylic acids is 1. The van der Waals surface area contributed by atoms with Crippen molar-refractivity contribution in [3.8, 4) is 0 Å². The molecule has 0 aromatic carbocycles. The van der Waals surface area contributed by atoms with Crippen molar-refractivity contribution in [2.45, 2.75) is 18.4 Å². The number of allylic oxidation sites excluding steroid dienone is 3. The summed E-state index contributed by atoms with van der Waals surface area (Å²) < 4.78 is 0. The van der Waals surface area contributed by atoms with Crippen molar-refractivity contribution >= 4 is 23.2 Å². The van der Waals surface area contributed by atoms with Crippen LogP contribution in [0.1, 0.15) is 21.7 Å². The highest BCUT2D eigenvalue weighted by Crippen LogP contribution is 2.37. The van der Waals surface area contributed by atoms with Crippen molar-refractivity contribution in [3.05, 3.63) is 51.8 Å². The zero-order chi connectivity index (χ0) is 11.9. The van der Waals surface area contributed by atoms with Crippen molar-refractivity contribution in [1.29, 1.82) is 0 Å². The molecule has 2 nitrogen and oxygen atoms in total. The van der Waals surface area contributed by atoms with Crippen molar-refractivity contribution in [2.24, 2.45) is 0 Å². The van der Waals surface area contributed by atoms with Gasteiger partial charge < -0.3 is 5.11 Å². The smallest absolute Gasteiger partial charge is 0.178 e. The van der Waals surface area contributed by atoms with E-state index in [4.69, 9.17) is 0 Å². The lowest BCUT2D eigenvalue weighted by atomic mass is 9.95. The number of thiophene rings is 1. The monoisotopic (exact) mass is 244 g/mol. The Morgan fingerprint density at radius 3 is 2.71 bits per heavy atom. The molecule has 0 unspecified atom stereocenters. The highest BCUT2D eigenvalue weighted by atomic mass is 32.1. The zero-order valence-corrected chi connectivity index (χ0v) is 10.0. The molecule has 0 bridgehead atoms. The summed E-state index contributed by atoms with van der Waals surface area (Å²) in [6, 6.07) is 2.01. The normalized spacial score (nSPS) is 20.6. The van der Waals surface area contributed by atoms with E-state index in [1.165, 1.54) is 22.6 Å². The third-order valence-electron chi connectivity index (χ3n) is 3.08. The fraction of sp³-hybridized carbons (Fsp3) is 0.214. The van der Waals surface area contributed by atoms with E-state index in [0.717, 1.165) is 17.7 Å². The standard InChI is InChI=1S/C14H12O2S/c15-11-5-7-14(16,8-6-11)13-9-10-3-1-2-4-12(10)17-13/h1,3,5-9,16H,2,4H2. The van der Waals surface area contributed by atoms with Gasteiger partial charge in [0.05, 0.1) is 0 Å².